The minimum Gasteiger partial charge on any atom is -0.479 e. The molecule has 24 heavy (non-hydrogen) atoms. The summed E-state index contributed by atoms with van der Waals surface area (Å²) >= 11 is 5.74. The average Bonchev–Trinajstić information content (AvgIpc) is 3.00. The van der Waals surface area contributed by atoms with Gasteiger partial charge >= 0.3 is 11.7 Å². The molecule has 1 aromatic carbocycles. The number of nitro groups is 1. The Bertz CT molecular complexity index is 745. The number of nitrogens with two attached hydrogens (primary N) is 1. The zero-order valence-corrected chi connectivity index (χ0v) is 13.5. The lowest BCUT2D eigenvalue weighted by atomic mass is 10.2. The Kier molecular flexibility index (Phi) is 5.78. The molecule has 1 aromatic heterocycles. The van der Waals surface area contributed by atoms with Gasteiger partial charge in [0, 0.05) is 17.5 Å². The normalized spacial score (nSPS) is 11.8. The number of carbonyl (C=O) groups is 1. The molecule has 0 saturated heterocycles. The lowest BCUT2D eigenvalue weighted by molar-refractivity contribution is -0.385. The van der Waals surface area contributed by atoms with Crippen LogP contribution in [-0.4, -0.2) is 24.0 Å². The van der Waals surface area contributed by atoms with Gasteiger partial charge in [0.2, 0.25) is 0 Å². The molecule has 0 radical (unpaired) electrons. The molecule has 1 atom stereocenters. The monoisotopic (exact) mass is 354 g/mol. The van der Waals surface area contributed by atoms with Crippen LogP contribution in [0, 0.1) is 10.1 Å². The zero-order chi connectivity index (χ0) is 17.7. The number of furan rings is 1. The van der Waals surface area contributed by atoms with E-state index in [0.717, 1.165) is 0 Å². The molecule has 0 amide bonds. The number of nitrogens with zero attached hydrogens (tertiary/aromatic N) is 1. The number of benzene rings is 1. The van der Waals surface area contributed by atoms with E-state index in [1.54, 1.807) is 12.1 Å². The van der Waals surface area contributed by atoms with Crippen molar-refractivity contribution in [2.24, 2.45) is 5.73 Å². The maximum atomic E-state index is 11.3. The van der Waals surface area contributed by atoms with E-state index in [1.807, 2.05) is 0 Å². The Balaban J connectivity index is 2.01. The van der Waals surface area contributed by atoms with Gasteiger partial charge in [0.05, 0.1) is 12.0 Å². The first-order valence-electron chi connectivity index (χ1n) is 6.88. The van der Waals surface area contributed by atoms with E-state index in [4.69, 9.17) is 26.5 Å². The van der Waals surface area contributed by atoms with Crippen LogP contribution in [-0.2, 0) is 22.6 Å². The van der Waals surface area contributed by atoms with E-state index in [2.05, 4.69) is 4.74 Å². The van der Waals surface area contributed by atoms with Crippen LogP contribution in [0.3, 0.4) is 0 Å². The molecule has 2 rings (SSSR count). The van der Waals surface area contributed by atoms with E-state index in [9.17, 15) is 14.9 Å². The third-order valence-electron chi connectivity index (χ3n) is 3.13. The fraction of sp³-hybridized carbons (Fsp3) is 0.267. The smallest absolute Gasteiger partial charge is 0.323 e. The molecule has 0 fully saturated rings. The number of hydrogen-bond acceptors (Lipinski definition) is 7. The van der Waals surface area contributed by atoms with Crippen molar-refractivity contribution < 1.29 is 23.6 Å². The molecule has 0 bridgehead atoms. The highest BCUT2D eigenvalue weighted by atomic mass is 35.5. The highest BCUT2D eigenvalue weighted by Gasteiger charge is 2.18. The van der Waals surface area contributed by atoms with Crippen molar-refractivity contribution in [3.8, 4) is 5.75 Å². The molecule has 0 aliphatic heterocycles. The summed E-state index contributed by atoms with van der Waals surface area (Å²) in [5.41, 5.74) is 5.41. The van der Waals surface area contributed by atoms with Crippen molar-refractivity contribution in [3.05, 3.63) is 57.0 Å². The summed E-state index contributed by atoms with van der Waals surface area (Å²) in [6, 6.07) is 6.58. The number of esters is 1. The van der Waals surface area contributed by atoms with Crippen LogP contribution < -0.4 is 10.5 Å². The Labute approximate surface area is 142 Å². The third-order valence-corrected chi connectivity index (χ3v) is 3.37. The number of hydrogen-bond donors (Lipinski definition) is 1. The Morgan fingerprint density at radius 3 is 2.75 bits per heavy atom. The predicted octanol–water partition coefficient (Wildman–Crippen LogP) is 2.46. The Morgan fingerprint density at radius 1 is 1.38 bits per heavy atom. The van der Waals surface area contributed by atoms with Gasteiger partial charge in [0.15, 0.2) is 5.75 Å². The number of halogens is 1. The van der Waals surface area contributed by atoms with Crippen molar-refractivity contribution in [1.82, 2.24) is 0 Å². The van der Waals surface area contributed by atoms with Crippen LogP contribution in [0.4, 0.5) is 5.69 Å². The molecule has 0 saturated carbocycles. The van der Waals surface area contributed by atoms with Gasteiger partial charge in [-0.2, -0.15) is 0 Å². The zero-order valence-electron chi connectivity index (χ0n) is 12.7. The Hall–Kier alpha value is -2.58. The molecule has 0 spiro atoms. The van der Waals surface area contributed by atoms with Gasteiger partial charge in [0.25, 0.3) is 0 Å². The molecule has 128 valence electrons. The quantitative estimate of drug-likeness (QED) is 0.461. The minimum absolute atomic E-state index is 0.0179. The van der Waals surface area contributed by atoms with Gasteiger partial charge in [0.1, 0.15) is 24.2 Å². The number of nitro benzene ring substituents is 1. The second-order valence-corrected chi connectivity index (χ2v) is 5.30. The molecule has 0 aliphatic carbocycles. The first-order valence-corrected chi connectivity index (χ1v) is 7.26. The fourth-order valence-corrected chi connectivity index (χ4v) is 2.13. The van der Waals surface area contributed by atoms with Crippen molar-refractivity contribution in [1.29, 1.82) is 0 Å². The second kappa shape index (κ2) is 7.80. The molecule has 1 unspecified atom stereocenters. The highest BCUT2D eigenvalue weighted by Crippen LogP contribution is 2.30. The van der Waals surface area contributed by atoms with Gasteiger partial charge in [-0.05, 0) is 24.3 Å². The molecule has 0 aliphatic rings. The van der Waals surface area contributed by atoms with E-state index in [0.29, 0.717) is 11.5 Å². The summed E-state index contributed by atoms with van der Waals surface area (Å²) in [7, 11) is 1.25. The van der Waals surface area contributed by atoms with E-state index in [-0.39, 0.29) is 29.5 Å². The molecule has 1 heterocycles. The maximum absolute atomic E-state index is 11.3. The SMILES string of the molecule is COC(=O)C(N)Cc1ccc(COc2ccc(Cl)cc2[N+](=O)[O-])o1. The van der Waals surface area contributed by atoms with Gasteiger partial charge < -0.3 is 19.6 Å². The number of ether oxygens (including phenoxy) is 2. The van der Waals surface area contributed by atoms with Gasteiger partial charge in [-0.1, -0.05) is 11.6 Å². The minimum atomic E-state index is -0.827. The van der Waals surface area contributed by atoms with Crippen LogP contribution in [0.2, 0.25) is 5.02 Å². The summed E-state index contributed by atoms with van der Waals surface area (Å²) in [4.78, 5) is 21.7. The van der Waals surface area contributed by atoms with Gasteiger partial charge in [-0.25, -0.2) is 0 Å². The van der Waals surface area contributed by atoms with Crippen LogP contribution in [0.5, 0.6) is 5.75 Å². The largest absolute Gasteiger partial charge is 0.479 e. The van der Waals surface area contributed by atoms with Crippen LogP contribution in [0.25, 0.3) is 0 Å². The third kappa shape index (κ3) is 4.46. The number of rotatable bonds is 7. The van der Waals surface area contributed by atoms with Gasteiger partial charge in [-0.3, -0.25) is 14.9 Å². The highest BCUT2D eigenvalue weighted by molar-refractivity contribution is 6.30. The summed E-state index contributed by atoms with van der Waals surface area (Å²) in [5, 5.41) is 11.2. The van der Waals surface area contributed by atoms with Crippen molar-refractivity contribution in [2.45, 2.75) is 19.1 Å². The van der Waals surface area contributed by atoms with Crippen LogP contribution in [0.15, 0.2) is 34.7 Å². The summed E-state index contributed by atoms with van der Waals surface area (Å²) in [6.07, 6.45) is 0.174. The Morgan fingerprint density at radius 2 is 2.08 bits per heavy atom. The predicted molar refractivity (Wildman–Crippen MR) is 84.8 cm³/mol. The molecule has 8 nitrogen and oxygen atoms in total. The van der Waals surface area contributed by atoms with Crippen molar-refractivity contribution in [2.75, 3.05) is 7.11 Å². The van der Waals surface area contributed by atoms with Crippen molar-refractivity contribution in [3.63, 3.8) is 0 Å². The summed E-state index contributed by atoms with van der Waals surface area (Å²) in [5.74, 6) is 0.457. The lowest BCUT2D eigenvalue weighted by Gasteiger charge is -2.07. The van der Waals surface area contributed by atoms with E-state index >= 15 is 0 Å². The van der Waals surface area contributed by atoms with E-state index < -0.39 is 16.9 Å². The first kappa shape index (κ1) is 17.8. The molecule has 2 aromatic rings. The maximum Gasteiger partial charge on any atom is 0.323 e. The van der Waals surface area contributed by atoms with Crippen LogP contribution in [0.1, 0.15) is 11.5 Å². The fourth-order valence-electron chi connectivity index (χ4n) is 1.97. The number of carbonyl (C=O) groups excluding carboxylic acids is 1. The van der Waals surface area contributed by atoms with Crippen molar-refractivity contribution >= 4 is 23.3 Å². The summed E-state index contributed by atoms with van der Waals surface area (Å²) in [6.45, 7) is -0.0179. The standard InChI is InChI=1S/C15H15ClN2O6/c1-22-15(19)12(17)7-10-3-4-11(24-10)8-23-14-5-2-9(16)6-13(14)18(20)21/h2-6,12H,7-8,17H2,1H3. The van der Waals surface area contributed by atoms with E-state index in [1.165, 1.54) is 25.3 Å². The first-order chi connectivity index (χ1) is 11.4. The molecule has 9 heteroatoms. The lowest BCUT2D eigenvalue weighted by Crippen LogP contribution is -2.33. The topological polar surface area (TPSA) is 118 Å². The number of methoxy groups -OCH3 is 1. The molecule has 2 N–H and O–H groups in total. The van der Waals surface area contributed by atoms with Gasteiger partial charge in [-0.15, -0.1) is 0 Å². The molecular weight excluding hydrogens is 340 g/mol. The second-order valence-electron chi connectivity index (χ2n) is 4.86. The van der Waals surface area contributed by atoms with Crippen LogP contribution >= 0.6 is 11.6 Å². The average molecular weight is 355 g/mol. The molecular formula is C15H15ClN2O6. The summed E-state index contributed by atoms with van der Waals surface area (Å²) < 4.78 is 15.4.